The van der Waals surface area contributed by atoms with E-state index in [1.807, 2.05) is 0 Å². The van der Waals surface area contributed by atoms with Crippen molar-refractivity contribution in [1.82, 2.24) is 19.7 Å². The topological polar surface area (TPSA) is 60.7 Å². The number of hydrogen-bond donors (Lipinski definition) is 0. The van der Waals surface area contributed by atoms with E-state index in [0.717, 1.165) is 0 Å². The number of nitrogens with zero attached hydrogens (tertiary/aromatic N) is 4. The number of carbonyl (C=O) groups excluding carboxylic acids is 1. The van der Waals surface area contributed by atoms with E-state index in [0.29, 0.717) is 10.4 Å². The van der Waals surface area contributed by atoms with Gasteiger partial charge >= 0.3 is 0 Å². The molecule has 0 aliphatic heterocycles. The second-order valence-corrected chi connectivity index (χ2v) is 4.28. The predicted octanol–water partition coefficient (Wildman–Crippen LogP) is 2.46. The van der Waals surface area contributed by atoms with E-state index in [9.17, 15) is 4.79 Å². The molecule has 16 heavy (non-hydrogen) atoms. The first-order chi connectivity index (χ1) is 7.58. The molecule has 8 heteroatoms. The summed E-state index contributed by atoms with van der Waals surface area (Å²) in [7, 11) is 0. The Hall–Kier alpha value is -0.980. The van der Waals surface area contributed by atoms with E-state index in [1.165, 1.54) is 23.1 Å². The van der Waals surface area contributed by atoms with Gasteiger partial charge in [0.05, 0.1) is 12.4 Å². The summed E-state index contributed by atoms with van der Waals surface area (Å²) in [5.41, 5.74) is 0.185. The summed E-state index contributed by atoms with van der Waals surface area (Å²) in [6.07, 6.45) is 2.81. The zero-order chi connectivity index (χ0) is 11.7. The third-order valence-electron chi connectivity index (χ3n) is 1.69. The normalized spacial score (nSPS) is 10.4. The SMILES string of the molecule is O=C(Cl)c1cc(Br)nn1-c1cncc(Cl)n1. The Balaban J connectivity index is 2.59. The van der Waals surface area contributed by atoms with Gasteiger partial charge in [-0.15, -0.1) is 0 Å². The predicted molar refractivity (Wildman–Crippen MR) is 62.0 cm³/mol. The van der Waals surface area contributed by atoms with Crippen LogP contribution in [0.1, 0.15) is 10.5 Å². The number of aromatic nitrogens is 4. The highest BCUT2D eigenvalue weighted by Gasteiger charge is 2.15. The molecule has 2 aromatic rings. The molecular weight excluding hydrogens is 319 g/mol. The fourth-order valence-electron chi connectivity index (χ4n) is 1.10. The van der Waals surface area contributed by atoms with Crippen LogP contribution in [0.15, 0.2) is 23.1 Å². The average molecular weight is 322 g/mol. The van der Waals surface area contributed by atoms with Crippen LogP contribution in [0.2, 0.25) is 5.15 Å². The lowest BCUT2D eigenvalue weighted by molar-refractivity contribution is 0.107. The number of hydrogen-bond acceptors (Lipinski definition) is 4. The molecule has 0 N–H and O–H groups in total. The standard InChI is InChI=1S/C8H3BrCl2N4O/c9-5-1-4(8(11)16)15(14-5)7-3-12-2-6(10)13-7/h1-3H. The maximum Gasteiger partial charge on any atom is 0.271 e. The molecule has 0 bridgehead atoms. The van der Waals surface area contributed by atoms with Gasteiger partial charge in [-0.1, -0.05) is 11.6 Å². The quantitative estimate of drug-likeness (QED) is 0.797. The van der Waals surface area contributed by atoms with E-state index < -0.39 is 5.24 Å². The summed E-state index contributed by atoms with van der Waals surface area (Å²) >= 11 is 14.2. The minimum absolute atomic E-state index is 0.185. The van der Waals surface area contributed by atoms with Crippen LogP contribution in [0.3, 0.4) is 0 Å². The van der Waals surface area contributed by atoms with Crippen LogP contribution in [0.25, 0.3) is 5.82 Å². The molecule has 0 atom stereocenters. The Morgan fingerprint density at radius 3 is 2.81 bits per heavy atom. The number of carbonyl (C=O) groups is 1. The second-order valence-electron chi connectivity index (χ2n) is 2.74. The molecule has 0 spiro atoms. The average Bonchev–Trinajstić information content (AvgIpc) is 2.60. The van der Waals surface area contributed by atoms with Crippen LogP contribution < -0.4 is 0 Å². The number of halogens is 3. The lowest BCUT2D eigenvalue weighted by Gasteiger charge is -2.02. The molecule has 0 radical (unpaired) electrons. The van der Waals surface area contributed by atoms with Crippen molar-refractivity contribution in [3.63, 3.8) is 0 Å². The van der Waals surface area contributed by atoms with Crippen molar-refractivity contribution in [3.05, 3.63) is 33.9 Å². The van der Waals surface area contributed by atoms with Gasteiger partial charge in [-0.05, 0) is 27.5 Å². The summed E-state index contributed by atoms with van der Waals surface area (Å²) in [6.45, 7) is 0. The van der Waals surface area contributed by atoms with Gasteiger partial charge in [-0.2, -0.15) is 5.10 Å². The molecule has 0 aliphatic rings. The van der Waals surface area contributed by atoms with Crippen LogP contribution >= 0.6 is 39.1 Å². The van der Waals surface area contributed by atoms with Crippen LogP contribution in [0, 0.1) is 0 Å². The fraction of sp³-hybridized carbons (Fsp3) is 0. The molecule has 0 unspecified atom stereocenters. The monoisotopic (exact) mass is 320 g/mol. The molecule has 2 rings (SSSR count). The molecule has 5 nitrogen and oxygen atoms in total. The molecule has 0 aliphatic carbocycles. The highest BCUT2D eigenvalue weighted by atomic mass is 79.9. The molecule has 0 aromatic carbocycles. The van der Waals surface area contributed by atoms with E-state index in [-0.39, 0.29) is 10.8 Å². The van der Waals surface area contributed by atoms with Crippen molar-refractivity contribution in [3.8, 4) is 5.82 Å². The van der Waals surface area contributed by atoms with Gasteiger partial charge in [0.2, 0.25) is 0 Å². The van der Waals surface area contributed by atoms with Crippen LogP contribution in [0.4, 0.5) is 0 Å². The Morgan fingerprint density at radius 1 is 1.44 bits per heavy atom. The maximum atomic E-state index is 11.1. The first kappa shape index (κ1) is 11.5. The number of rotatable bonds is 2. The summed E-state index contributed by atoms with van der Waals surface area (Å²) in [6, 6.07) is 1.48. The Labute approximate surface area is 109 Å². The van der Waals surface area contributed by atoms with Gasteiger partial charge in [0.1, 0.15) is 15.5 Å². The lowest BCUT2D eigenvalue weighted by atomic mass is 10.4. The minimum atomic E-state index is -0.639. The van der Waals surface area contributed by atoms with Gasteiger partial charge in [0.25, 0.3) is 5.24 Å². The molecule has 0 amide bonds. The largest absolute Gasteiger partial charge is 0.274 e. The van der Waals surface area contributed by atoms with Gasteiger partial charge in [-0.25, -0.2) is 9.67 Å². The summed E-state index contributed by atoms with van der Waals surface area (Å²) in [5.74, 6) is 0.321. The van der Waals surface area contributed by atoms with E-state index in [1.54, 1.807) is 0 Å². The highest BCUT2D eigenvalue weighted by molar-refractivity contribution is 9.10. The van der Waals surface area contributed by atoms with Crippen molar-refractivity contribution in [2.75, 3.05) is 0 Å². The van der Waals surface area contributed by atoms with E-state index in [4.69, 9.17) is 23.2 Å². The Bertz CT molecular complexity index is 557. The Morgan fingerprint density at radius 2 is 2.19 bits per heavy atom. The van der Waals surface area contributed by atoms with Crippen molar-refractivity contribution in [1.29, 1.82) is 0 Å². The Kier molecular flexibility index (Phi) is 3.22. The summed E-state index contributed by atoms with van der Waals surface area (Å²) < 4.78 is 1.73. The van der Waals surface area contributed by atoms with E-state index >= 15 is 0 Å². The first-order valence-electron chi connectivity index (χ1n) is 4.01. The third kappa shape index (κ3) is 2.23. The zero-order valence-corrected chi connectivity index (χ0v) is 10.7. The smallest absolute Gasteiger partial charge is 0.271 e. The molecular formula is C8H3BrCl2N4O. The fourth-order valence-corrected chi connectivity index (χ4v) is 1.75. The van der Waals surface area contributed by atoms with Gasteiger partial charge in [0.15, 0.2) is 5.82 Å². The summed E-state index contributed by atoms with van der Waals surface area (Å²) in [4.78, 5) is 19.0. The van der Waals surface area contributed by atoms with Gasteiger partial charge in [-0.3, -0.25) is 9.78 Å². The molecule has 0 fully saturated rings. The maximum absolute atomic E-state index is 11.1. The van der Waals surface area contributed by atoms with Crippen LogP contribution in [0.5, 0.6) is 0 Å². The second kappa shape index (κ2) is 4.48. The molecule has 2 aromatic heterocycles. The molecule has 0 saturated carbocycles. The van der Waals surface area contributed by atoms with Gasteiger partial charge in [0, 0.05) is 6.07 Å². The highest BCUT2D eigenvalue weighted by Crippen LogP contribution is 2.17. The van der Waals surface area contributed by atoms with Crippen LogP contribution in [-0.4, -0.2) is 25.0 Å². The summed E-state index contributed by atoms with van der Waals surface area (Å²) in [5, 5.41) is 3.58. The van der Waals surface area contributed by atoms with Crippen molar-refractivity contribution in [2.24, 2.45) is 0 Å². The third-order valence-corrected chi connectivity index (χ3v) is 2.45. The molecule has 2 heterocycles. The van der Waals surface area contributed by atoms with Crippen LogP contribution in [-0.2, 0) is 0 Å². The van der Waals surface area contributed by atoms with Crippen molar-refractivity contribution in [2.45, 2.75) is 0 Å². The zero-order valence-electron chi connectivity index (χ0n) is 7.56. The van der Waals surface area contributed by atoms with Crippen molar-refractivity contribution >= 4 is 44.4 Å². The van der Waals surface area contributed by atoms with Gasteiger partial charge < -0.3 is 0 Å². The molecule has 82 valence electrons. The van der Waals surface area contributed by atoms with E-state index in [2.05, 4.69) is 31.0 Å². The van der Waals surface area contributed by atoms with Crippen molar-refractivity contribution < 1.29 is 4.79 Å². The molecule has 0 saturated heterocycles. The minimum Gasteiger partial charge on any atom is -0.274 e. The first-order valence-corrected chi connectivity index (χ1v) is 5.56. The lowest BCUT2D eigenvalue weighted by Crippen LogP contribution is -2.07.